The van der Waals surface area contributed by atoms with Crippen LogP contribution in [0.4, 0.5) is 13.2 Å². The van der Waals surface area contributed by atoms with Gasteiger partial charge in [-0.2, -0.15) is 0 Å². The van der Waals surface area contributed by atoms with Crippen LogP contribution in [0.15, 0.2) is 18.2 Å². The van der Waals surface area contributed by atoms with Gasteiger partial charge < -0.3 is 0 Å². The molecule has 0 saturated carbocycles. The number of halogens is 3. The highest BCUT2D eigenvalue weighted by Gasteiger charge is 2.13. The van der Waals surface area contributed by atoms with Gasteiger partial charge in [0.1, 0.15) is 5.82 Å². The van der Waals surface area contributed by atoms with Gasteiger partial charge >= 0.3 is 0 Å². The lowest BCUT2D eigenvalue weighted by Crippen LogP contribution is -1.97. The molecule has 0 spiro atoms. The summed E-state index contributed by atoms with van der Waals surface area (Å²) in [6.45, 7) is 3.98. The summed E-state index contributed by atoms with van der Waals surface area (Å²) < 4.78 is 37.5. The van der Waals surface area contributed by atoms with Crippen LogP contribution in [0.5, 0.6) is 0 Å². The first kappa shape index (κ1) is 11.1. The number of hydrogen-bond acceptors (Lipinski definition) is 0. The van der Waals surface area contributed by atoms with Crippen molar-refractivity contribution < 1.29 is 13.2 Å². The van der Waals surface area contributed by atoms with Gasteiger partial charge in [-0.05, 0) is 30.0 Å². The van der Waals surface area contributed by atoms with Crippen LogP contribution in [0.1, 0.15) is 31.4 Å². The third kappa shape index (κ3) is 2.76. The van der Waals surface area contributed by atoms with Crippen molar-refractivity contribution in [1.82, 2.24) is 0 Å². The molecular formula is C11H13F3. The second kappa shape index (κ2) is 4.49. The highest BCUT2D eigenvalue weighted by Crippen LogP contribution is 2.23. The Labute approximate surface area is 81.8 Å². The molecule has 0 saturated heterocycles. The van der Waals surface area contributed by atoms with Gasteiger partial charge in [0.15, 0.2) is 0 Å². The Balaban J connectivity index is 2.94. The van der Waals surface area contributed by atoms with Crippen molar-refractivity contribution in [3.8, 4) is 0 Å². The summed E-state index contributed by atoms with van der Waals surface area (Å²) in [4.78, 5) is 0. The second-order valence-corrected chi connectivity index (χ2v) is 3.75. The van der Waals surface area contributed by atoms with E-state index >= 15 is 0 Å². The molecule has 0 unspecified atom stereocenters. The highest BCUT2D eigenvalue weighted by molar-refractivity contribution is 5.26. The summed E-state index contributed by atoms with van der Waals surface area (Å²) in [6.07, 6.45) is -2.04. The Morgan fingerprint density at radius 3 is 2.36 bits per heavy atom. The summed E-state index contributed by atoms with van der Waals surface area (Å²) in [5.41, 5.74) is 0.264. The molecule has 0 fully saturated rings. The zero-order valence-corrected chi connectivity index (χ0v) is 8.23. The normalized spacial score (nSPS) is 11.4. The van der Waals surface area contributed by atoms with Crippen LogP contribution in [-0.2, 0) is 6.42 Å². The van der Waals surface area contributed by atoms with E-state index in [9.17, 15) is 13.2 Å². The van der Waals surface area contributed by atoms with E-state index in [4.69, 9.17) is 0 Å². The lowest BCUT2D eigenvalue weighted by atomic mass is 10.0. The van der Waals surface area contributed by atoms with Crippen molar-refractivity contribution in [3.63, 3.8) is 0 Å². The molecule has 0 aliphatic rings. The van der Waals surface area contributed by atoms with Crippen LogP contribution in [0.2, 0.25) is 0 Å². The molecule has 0 bridgehead atoms. The Morgan fingerprint density at radius 1 is 1.21 bits per heavy atom. The SMILES string of the molecule is CC(C)Cc1ccc(F)c(C(F)F)c1. The largest absolute Gasteiger partial charge is 0.266 e. The fourth-order valence-corrected chi connectivity index (χ4v) is 1.36. The molecule has 3 heteroatoms. The fraction of sp³-hybridized carbons (Fsp3) is 0.455. The molecule has 0 aliphatic carbocycles. The van der Waals surface area contributed by atoms with E-state index in [1.165, 1.54) is 6.07 Å². The van der Waals surface area contributed by atoms with E-state index in [1.54, 1.807) is 6.07 Å². The first-order valence-electron chi connectivity index (χ1n) is 4.57. The standard InChI is InChI=1S/C11H13F3/c1-7(2)5-8-3-4-10(12)9(6-8)11(13)14/h3-4,6-7,11H,5H2,1-2H3. The lowest BCUT2D eigenvalue weighted by Gasteiger charge is -2.07. The van der Waals surface area contributed by atoms with E-state index in [1.807, 2.05) is 13.8 Å². The number of rotatable bonds is 3. The predicted molar refractivity (Wildman–Crippen MR) is 49.9 cm³/mol. The maximum absolute atomic E-state index is 12.9. The van der Waals surface area contributed by atoms with E-state index < -0.39 is 17.8 Å². The first-order chi connectivity index (χ1) is 6.50. The van der Waals surface area contributed by atoms with Gasteiger partial charge in [-0.25, -0.2) is 13.2 Å². The fourth-order valence-electron chi connectivity index (χ4n) is 1.36. The van der Waals surface area contributed by atoms with Crippen molar-refractivity contribution in [1.29, 1.82) is 0 Å². The van der Waals surface area contributed by atoms with Gasteiger partial charge in [-0.15, -0.1) is 0 Å². The van der Waals surface area contributed by atoms with E-state index in [0.29, 0.717) is 12.3 Å². The monoisotopic (exact) mass is 202 g/mol. The minimum Gasteiger partial charge on any atom is -0.206 e. The van der Waals surface area contributed by atoms with Crippen LogP contribution in [0.3, 0.4) is 0 Å². The Hall–Kier alpha value is -0.990. The molecule has 78 valence electrons. The van der Waals surface area contributed by atoms with Crippen molar-refractivity contribution >= 4 is 0 Å². The summed E-state index contributed by atoms with van der Waals surface area (Å²) in [5.74, 6) is -0.446. The molecule has 0 amide bonds. The summed E-state index contributed by atoms with van der Waals surface area (Å²) in [7, 11) is 0. The van der Waals surface area contributed by atoms with Crippen molar-refractivity contribution in [2.45, 2.75) is 26.7 Å². The van der Waals surface area contributed by atoms with Gasteiger partial charge in [0.2, 0.25) is 0 Å². The summed E-state index contributed by atoms with van der Waals surface area (Å²) in [6, 6.07) is 3.92. The predicted octanol–water partition coefficient (Wildman–Crippen LogP) is 3.96. The molecule has 0 N–H and O–H groups in total. The van der Waals surface area contributed by atoms with Gasteiger partial charge in [-0.3, -0.25) is 0 Å². The third-order valence-corrected chi connectivity index (χ3v) is 1.94. The van der Waals surface area contributed by atoms with Crippen LogP contribution < -0.4 is 0 Å². The minimum atomic E-state index is -2.73. The number of benzene rings is 1. The van der Waals surface area contributed by atoms with Crippen molar-refractivity contribution in [2.24, 2.45) is 5.92 Å². The Kier molecular flexibility index (Phi) is 3.55. The van der Waals surface area contributed by atoms with E-state index in [0.717, 1.165) is 11.6 Å². The summed E-state index contributed by atoms with van der Waals surface area (Å²) in [5, 5.41) is 0. The van der Waals surface area contributed by atoms with Gasteiger partial charge in [-0.1, -0.05) is 19.9 Å². The molecular weight excluding hydrogens is 189 g/mol. The summed E-state index contributed by atoms with van der Waals surface area (Å²) >= 11 is 0. The van der Waals surface area contributed by atoms with Crippen LogP contribution in [0, 0.1) is 11.7 Å². The van der Waals surface area contributed by atoms with Crippen LogP contribution in [0.25, 0.3) is 0 Å². The molecule has 0 heterocycles. The minimum absolute atomic E-state index is 0.381. The molecule has 1 rings (SSSR count). The van der Waals surface area contributed by atoms with Crippen LogP contribution >= 0.6 is 0 Å². The smallest absolute Gasteiger partial charge is 0.206 e. The lowest BCUT2D eigenvalue weighted by molar-refractivity contribution is 0.146. The van der Waals surface area contributed by atoms with Gasteiger partial charge in [0.05, 0.1) is 5.56 Å². The zero-order valence-electron chi connectivity index (χ0n) is 8.23. The van der Waals surface area contributed by atoms with Gasteiger partial charge in [0.25, 0.3) is 6.43 Å². The van der Waals surface area contributed by atoms with E-state index in [-0.39, 0.29) is 0 Å². The molecule has 0 aromatic heterocycles. The topological polar surface area (TPSA) is 0 Å². The maximum atomic E-state index is 12.9. The van der Waals surface area contributed by atoms with E-state index in [2.05, 4.69) is 0 Å². The maximum Gasteiger partial charge on any atom is 0.266 e. The van der Waals surface area contributed by atoms with Crippen LogP contribution in [-0.4, -0.2) is 0 Å². The average Bonchev–Trinajstić information content (AvgIpc) is 2.07. The molecule has 14 heavy (non-hydrogen) atoms. The zero-order chi connectivity index (χ0) is 10.7. The molecule has 1 aromatic rings. The second-order valence-electron chi connectivity index (χ2n) is 3.75. The number of alkyl halides is 2. The van der Waals surface area contributed by atoms with Crippen molar-refractivity contribution in [2.75, 3.05) is 0 Å². The molecule has 0 radical (unpaired) electrons. The molecule has 1 aromatic carbocycles. The molecule has 0 aliphatic heterocycles. The highest BCUT2D eigenvalue weighted by atomic mass is 19.3. The number of hydrogen-bond donors (Lipinski definition) is 0. The molecule has 0 nitrogen and oxygen atoms in total. The first-order valence-corrected chi connectivity index (χ1v) is 4.57. The average molecular weight is 202 g/mol. The molecule has 0 atom stereocenters. The Bertz CT molecular complexity index is 305. The van der Waals surface area contributed by atoms with Crippen molar-refractivity contribution in [3.05, 3.63) is 35.1 Å². The Morgan fingerprint density at radius 2 is 1.86 bits per heavy atom. The third-order valence-electron chi connectivity index (χ3n) is 1.94. The van der Waals surface area contributed by atoms with Gasteiger partial charge in [0, 0.05) is 0 Å². The quantitative estimate of drug-likeness (QED) is 0.695.